The van der Waals surface area contributed by atoms with Crippen molar-refractivity contribution in [1.29, 1.82) is 0 Å². The molecule has 4 heteroatoms. The summed E-state index contributed by atoms with van der Waals surface area (Å²) in [6.45, 7) is 5.35. The Balaban J connectivity index is 1.94. The van der Waals surface area contributed by atoms with E-state index in [0.717, 1.165) is 18.0 Å². The normalized spacial score (nSPS) is 33.8. The number of ketones is 1. The highest BCUT2D eigenvalue weighted by atomic mass is 16.7. The fourth-order valence-electron chi connectivity index (χ4n) is 3.57. The van der Waals surface area contributed by atoms with E-state index in [1.807, 2.05) is 6.08 Å². The van der Waals surface area contributed by atoms with Gasteiger partial charge in [0.2, 0.25) is 6.79 Å². The Morgan fingerprint density at radius 2 is 1.95 bits per heavy atom. The topological polar surface area (TPSA) is 47.6 Å². The molecule has 0 saturated heterocycles. The molecule has 4 nitrogen and oxygen atoms in total. The lowest BCUT2D eigenvalue weighted by Gasteiger charge is -2.51. The van der Waals surface area contributed by atoms with E-state index in [0.29, 0.717) is 6.42 Å². The summed E-state index contributed by atoms with van der Waals surface area (Å²) in [5.41, 5.74) is 1.98. The van der Waals surface area contributed by atoms with E-state index in [4.69, 9.17) is 9.47 Å². The first-order valence-electron chi connectivity index (χ1n) is 6.92. The zero-order valence-corrected chi connectivity index (χ0v) is 11.7. The largest absolute Gasteiger partial charge is 0.454 e. The van der Waals surface area contributed by atoms with Gasteiger partial charge in [0.1, 0.15) is 0 Å². The second kappa shape index (κ2) is 3.64. The minimum absolute atomic E-state index is 0.182. The van der Waals surface area contributed by atoms with Gasteiger partial charge in [0.25, 0.3) is 0 Å². The molecule has 2 aliphatic heterocycles. The van der Waals surface area contributed by atoms with Gasteiger partial charge in [-0.2, -0.15) is 0 Å². The molecule has 104 valence electrons. The van der Waals surface area contributed by atoms with Gasteiger partial charge in [0, 0.05) is 23.9 Å². The fourth-order valence-corrected chi connectivity index (χ4v) is 3.57. The Labute approximate surface area is 117 Å². The van der Waals surface area contributed by atoms with Gasteiger partial charge >= 0.3 is 0 Å². The number of rotatable bonds is 0. The maximum Gasteiger partial charge on any atom is 0.231 e. The van der Waals surface area contributed by atoms with Crippen molar-refractivity contribution < 1.29 is 14.3 Å². The van der Waals surface area contributed by atoms with Crippen molar-refractivity contribution >= 4 is 5.78 Å². The summed E-state index contributed by atoms with van der Waals surface area (Å²) in [7, 11) is 0. The third kappa shape index (κ3) is 1.37. The molecule has 0 saturated carbocycles. The van der Waals surface area contributed by atoms with E-state index in [9.17, 15) is 4.79 Å². The predicted molar refractivity (Wildman–Crippen MR) is 73.9 cm³/mol. The maximum atomic E-state index is 11.8. The number of nitrogens with one attached hydrogen (secondary N) is 1. The lowest BCUT2D eigenvalue weighted by molar-refractivity contribution is -0.117. The molecule has 20 heavy (non-hydrogen) atoms. The minimum Gasteiger partial charge on any atom is -0.454 e. The third-order valence-corrected chi connectivity index (χ3v) is 5.10. The molecule has 1 aromatic rings. The smallest absolute Gasteiger partial charge is 0.231 e. The van der Waals surface area contributed by atoms with Crippen LogP contribution in [-0.2, 0) is 16.8 Å². The first-order valence-corrected chi connectivity index (χ1v) is 6.92. The lowest BCUT2D eigenvalue weighted by Crippen LogP contribution is -2.61. The maximum absolute atomic E-state index is 11.8. The van der Waals surface area contributed by atoms with Gasteiger partial charge in [-0.15, -0.1) is 0 Å². The number of allylic oxidation sites excluding steroid dienone is 1. The molecule has 2 heterocycles. The van der Waals surface area contributed by atoms with E-state index in [1.165, 1.54) is 11.1 Å². The van der Waals surface area contributed by atoms with Crippen LogP contribution in [0.3, 0.4) is 0 Å². The summed E-state index contributed by atoms with van der Waals surface area (Å²) in [6.07, 6.45) is 4.27. The number of ether oxygens (including phenoxy) is 2. The number of carbonyl (C=O) groups excluding carboxylic acids is 1. The molecule has 0 amide bonds. The van der Waals surface area contributed by atoms with Gasteiger partial charge in [-0.3, -0.25) is 4.79 Å². The average Bonchev–Trinajstić information content (AvgIpc) is 2.86. The van der Waals surface area contributed by atoms with Crippen molar-refractivity contribution in [3.63, 3.8) is 0 Å². The zero-order valence-electron chi connectivity index (χ0n) is 11.7. The summed E-state index contributed by atoms with van der Waals surface area (Å²) < 4.78 is 11.0. The van der Waals surface area contributed by atoms with Gasteiger partial charge in [0.15, 0.2) is 17.3 Å². The highest BCUT2D eigenvalue weighted by Crippen LogP contribution is 2.49. The van der Waals surface area contributed by atoms with Crippen LogP contribution < -0.4 is 14.8 Å². The van der Waals surface area contributed by atoms with Gasteiger partial charge in [-0.05, 0) is 36.3 Å². The van der Waals surface area contributed by atoms with Crippen molar-refractivity contribution in [3.8, 4) is 11.5 Å². The van der Waals surface area contributed by atoms with Crippen LogP contribution in [0.5, 0.6) is 11.5 Å². The van der Waals surface area contributed by atoms with Gasteiger partial charge < -0.3 is 14.8 Å². The Kier molecular flexibility index (Phi) is 2.18. The van der Waals surface area contributed by atoms with Crippen LogP contribution in [0.25, 0.3) is 0 Å². The Morgan fingerprint density at radius 1 is 1.20 bits per heavy atom. The average molecular weight is 271 g/mol. The van der Waals surface area contributed by atoms with Gasteiger partial charge in [0.05, 0.1) is 0 Å². The van der Waals surface area contributed by atoms with Gasteiger partial charge in [-0.1, -0.05) is 13.0 Å². The first kappa shape index (κ1) is 12.0. The van der Waals surface area contributed by atoms with E-state index >= 15 is 0 Å². The number of hydrogen-bond acceptors (Lipinski definition) is 4. The molecule has 0 aromatic heterocycles. The molecule has 0 spiro atoms. The monoisotopic (exact) mass is 271 g/mol. The highest BCUT2D eigenvalue weighted by Gasteiger charge is 2.50. The summed E-state index contributed by atoms with van der Waals surface area (Å²) in [4.78, 5) is 11.8. The van der Waals surface area contributed by atoms with Crippen LogP contribution in [0.1, 0.15) is 31.4 Å². The van der Waals surface area contributed by atoms with Gasteiger partial charge in [-0.25, -0.2) is 0 Å². The molecule has 4 rings (SSSR count). The van der Waals surface area contributed by atoms with E-state index in [1.54, 1.807) is 6.08 Å². The quantitative estimate of drug-likeness (QED) is 0.784. The Morgan fingerprint density at radius 3 is 2.75 bits per heavy atom. The summed E-state index contributed by atoms with van der Waals surface area (Å²) in [5, 5.41) is 3.55. The standard InChI is InChI=1S/C16H17NO3/c1-15-4-3-11(18)7-16(15,2)17-8-10-5-13-14(6-12(10)15)20-9-19-13/h3-6,17H,7-9H2,1-2H3/t15-,16-/m1/s1. The van der Waals surface area contributed by atoms with Crippen LogP contribution >= 0.6 is 0 Å². The molecule has 0 bridgehead atoms. The van der Waals surface area contributed by atoms with Crippen molar-refractivity contribution in [2.24, 2.45) is 0 Å². The SMILES string of the molecule is C[C@@]12CC(=O)C=C[C@]1(C)c1cc3c(cc1CN2)OCO3. The number of hydrogen-bond donors (Lipinski definition) is 1. The molecule has 1 aliphatic carbocycles. The summed E-state index contributed by atoms with van der Waals surface area (Å²) >= 11 is 0. The second-order valence-electron chi connectivity index (χ2n) is 6.23. The van der Waals surface area contributed by atoms with Crippen molar-refractivity contribution in [3.05, 3.63) is 35.4 Å². The molecular weight excluding hydrogens is 254 g/mol. The predicted octanol–water partition coefficient (Wildman–Crippen LogP) is 2.06. The molecule has 1 N–H and O–H groups in total. The summed E-state index contributed by atoms with van der Waals surface area (Å²) in [5.74, 6) is 1.80. The third-order valence-electron chi connectivity index (χ3n) is 5.10. The van der Waals surface area contributed by atoms with Crippen LogP contribution in [0, 0.1) is 0 Å². The van der Waals surface area contributed by atoms with Crippen LogP contribution in [0.15, 0.2) is 24.3 Å². The molecule has 2 atom stereocenters. The van der Waals surface area contributed by atoms with Crippen LogP contribution in [0.4, 0.5) is 0 Å². The van der Waals surface area contributed by atoms with Crippen molar-refractivity contribution in [1.82, 2.24) is 5.32 Å². The van der Waals surface area contributed by atoms with E-state index in [2.05, 4.69) is 31.3 Å². The highest BCUT2D eigenvalue weighted by molar-refractivity contribution is 5.92. The molecule has 0 radical (unpaired) electrons. The van der Waals surface area contributed by atoms with Crippen molar-refractivity contribution in [2.75, 3.05) is 6.79 Å². The molecule has 0 fully saturated rings. The van der Waals surface area contributed by atoms with E-state index < -0.39 is 0 Å². The molecular formula is C16H17NO3. The summed E-state index contributed by atoms with van der Waals surface area (Å²) in [6, 6.07) is 4.14. The molecule has 1 aromatic carbocycles. The van der Waals surface area contributed by atoms with Crippen LogP contribution in [0.2, 0.25) is 0 Å². The molecule has 3 aliphatic rings. The van der Waals surface area contributed by atoms with Crippen molar-refractivity contribution in [2.45, 2.75) is 37.8 Å². The Bertz CT molecular complexity index is 651. The first-order chi connectivity index (χ1) is 9.52. The van der Waals surface area contributed by atoms with Crippen LogP contribution in [-0.4, -0.2) is 18.1 Å². The molecule has 0 unspecified atom stereocenters. The Hall–Kier alpha value is -1.81. The number of benzene rings is 1. The second-order valence-corrected chi connectivity index (χ2v) is 6.23. The number of fused-ring (bicyclic) bond motifs is 4. The lowest BCUT2D eigenvalue weighted by atomic mass is 9.60. The number of carbonyl (C=O) groups is 1. The van der Waals surface area contributed by atoms with E-state index in [-0.39, 0.29) is 23.5 Å². The minimum atomic E-state index is -0.250. The fraction of sp³-hybridized carbons (Fsp3) is 0.438. The zero-order chi connectivity index (χ0) is 14.0.